The maximum Gasteiger partial charge on any atom is 0.474 e. The molecule has 0 fully saturated rings. The fourth-order valence-corrected chi connectivity index (χ4v) is 4.49. The van der Waals surface area contributed by atoms with Gasteiger partial charge in [-0.1, -0.05) is 0 Å². The first-order valence-corrected chi connectivity index (χ1v) is 10.2. The van der Waals surface area contributed by atoms with Crippen LogP contribution in [0.25, 0.3) is 0 Å². The van der Waals surface area contributed by atoms with Crippen molar-refractivity contribution in [1.82, 2.24) is 0 Å². The Morgan fingerprint density at radius 2 is 1.94 bits per heavy atom. The van der Waals surface area contributed by atoms with Crippen LogP contribution >= 0.6 is 0 Å². The lowest BCUT2D eigenvalue weighted by atomic mass is 10.1. The van der Waals surface area contributed by atoms with Crippen LogP contribution in [0, 0.1) is 17.1 Å². The number of hydrogen-bond acceptors (Lipinski definition) is 5. The van der Waals surface area contributed by atoms with Crippen molar-refractivity contribution in [2.75, 3.05) is 6.01 Å². The zero-order valence-electron chi connectivity index (χ0n) is 15.3. The van der Waals surface area contributed by atoms with E-state index in [4.69, 9.17) is 10.00 Å². The number of alkyl halides is 4. The first-order chi connectivity index (χ1) is 14.5. The van der Waals surface area contributed by atoms with Crippen LogP contribution in [0.4, 0.5) is 22.0 Å². The Morgan fingerprint density at radius 3 is 2.55 bits per heavy atom. The van der Waals surface area contributed by atoms with Crippen molar-refractivity contribution < 1.29 is 40.5 Å². The van der Waals surface area contributed by atoms with Crippen molar-refractivity contribution >= 4 is 21.4 Å². The molecule has 162 valence electrons. The van der Waals surface area contributed by atoms with Gasteiger partial charge in [-0.25, -0.2) is 13.0 Å². The van der Waals surface area contributed by atoms with Gasteiger partial charge in [0.25, 0.3) is 0 Å². The summed E-state index contributed by atoms with van der Waals surface area (Å²) in [6.45, 7) is 0. The molecule has 31 heavy (non-hydrogen) atoms. The number of rotatable bonds is 4. The molecule has 12 heteroatoms. The van der Waals surface area contributed by atoms with Crippen LogP contribution in [0.15, 0.2) is 39.6 Å². The highest BCUT2D eigenvalue weighted by atomic mass is 32.2. The second-order valence-electron chi connectivity index (χ2n) is 6.37. The summed E-state index contributed by atoms with van der Waals surface area (Å²) >= 11 is 0. The quantitative estimate of drug-likeness (QED) is 0.631. The smallest absolute Gasteiger partial charge is 0.457 e. The Bertz CT molecular complexity index is 1260. The molecule has 0 radical (unpaired) electrons. The Hall–Kier alpha value is -3.33. The summed E-state index contributed by atoms with van der Waals surface area (Å²) in [6.07, 6.45) is -5.58. The number of benzene rings is 2. The van der Waals surface area contributed by atoms with Crippen LogP contribution < -0.4 is 4.74 Å². The molecule has 0 N–H and O–H groups in total. The highest BCUT2D eigenvalue weighted by Gasteiger charge is 2.41. The minimum atomic E-state index is -5.47. The fraction of sp³-hybridized carbons (Fsp3) is 0.211. The Labute approximate surface area is 172 Å². The van der Waals surface area contributed by atoms with Crippen molar-refractivity contribution in [1.29, 1.82) is 5.26 Å². The monoisotopic (exact) mass is 458 g/mol. The van der Waals surface area contributed by atoms with Crippen LogP contribution in [0.3, 0.4) is 0 Å². The predicted molar refractivity (Wildman–Crippen MR) is 96.2 cm³/mol. The lowest BCUT2D eigenvalue weighted by Crippen LogP contribution is -2.23. The number of ether oxygens (including phenoxy) is 1. The van der Waals surface area contributed by atoms with Gasteiger partial charge in [-0.15, -0.1) is 4.36 Å². The van der Waals surface area contributed by atoms with E-state index in [0.29, 0.717) is 0 Å². The lowest BCUT2D eigenvalue weighted by molar-refractivity contribution is -0.169. The largest absolute Gasteiger partial charge is 0.474 e. The molecule has 0 aromatic heterocycles. The third kappa shape index (κ3) is 4.41. The van der Waals surface area contributed by atoms with E-state index >= 15 is 0 Å². The number of carbonyl (C=O) groups is 2. The van der Waals surface area contributed by atoms with E-state index in [0.717, 1.165) is 24.3 Å². The average Bonchev–Trinajstić information content (AvgIpc) is 3.09. The molecule has 1 atom stereocenters. The van der Waals surface area contributed by atoms with Gasteiger partial charge in [0, 0.05) is 23.6 Å². The molecule has 1 unspecified atom stereocenters. The Morgan fingerprint density at radius 1 is 1.23 bits per heavy atom. The number of amides is 1. The summed E-state index contributed by atoms with van der Waals surface area (Å²) in [4.78, 5) is 22.9. The number of Topliss-reactive ketones (excluding diaryl/α,β-unsaturated/α-hetero) is 1. The van der Waals surface area contributed by atoms with E-state index in [-0.39, 0.29) is 41.0 Å². The number of carbonyl (C=O) groups excluding carboxylic acids is 2. The van der Waals surface area contributed by atoms with Crippen LogP contribution in [0.5, 0.6) is 11.5 Å². The summed E-state index contributed by atoms with van der Waals surface area (Å²) in [5.41, 5.74) is -0.305. The van der Waals surface area contributed by atoms with Crippen LogP contribution in [-0.4, -0.2) is 28.1 Å². The van der Waals surface area contributed by atoms with Gasteiger partial charge in [0.05, 0.1) is 16.5 Å². The SMILES string of the molecule is N#Cc1cc(F)cc(Oc2ccc(S(=O)(CF)=NC(=O)C(F)(F)F)c3c2CCC3=O)c1. The van der Waals surface area contributed by atoms with Crippen LogP contribution in [0.2, 0.25) is 0 Å². The average molecular weight is 458 g/mol. The van der Waals surface area contributed by atoms with Gasteiger partial charge in [0.15, 0.2) is 11.8 Å². The third-order valence-corrected chi connectivity index (χ3v) is 6.09. The second-order valence-corrected chi connectivity index (χ2v) is 8.49. The van der Waals surface area contributed by atoms with Gasteiger partial charge < -0.3 is 4.74 Å². The number of hydrogen-bond donors (Lipinski definition) is 0. The van der Waals surface area contributed by atoms with Crippen LogP contribution in [-0.2, 0) is 20.9 Å². The minimum Gasteiger partial charge on any atom is -0.457 e. The summed E-state index contributed by atoms with van der Waals surface area (Å²) < 4.78 is 85.7. The molecule has 2 aromatic carbocycles. The summed E-state index contributed by atoms with van der Waals surface area (Å²) in [5.74, 6) is -4.29. The number of nitriles is 1. The van der Waals surface area contributed by atoms with E-state index in [9.17, 15) is 35.8 Å². The molecule has 0 heterocycles. The zero-order chi connectivity index (χ0) is 23.0. The summed E-state index contributed by atoms with van der Waals surface area (Å²) in [5, 5.41) is 8.92. The first kappa shape index (κ1) is 22.4. The summed E-state index contributed by atoms with van der Waals surface area (Å²) in [6, 6.07) is 4.92. The molecule has 1 aliphatic carbocycles. The van der Waals surface area contributed by atoms with E-state index in [2.05, 4.69) is 4.36 Å². The van der Waals surface area contributed by atoms with Gasteiger partial charge in [-0.05, 0) is 30.7 Å². The number of fused-ring (bicyclic) bond motifs is 1. The first-order valence-electron chi connectivity index (χ1n) is 8.48. The van der Waals surface area contributed by atoms with Crippen molar-refractivity contribution in [2.24, 2.45) is 4.36 Å². The van der Waals surface area contributed by atoms with E-state index in [1.54, 1.807) is 6.07 Å². The maximum atomic E-state index is 13.6. The molecule has 1 amide bonds. The third-order valence-electron chi connectivity index (χ3n) is 4.31. The molecule has 2 aromatic rings. The molecule has 0 spiro atoms. The van der Waals surface area contributed by atoms with Gasteiger partial charge in [-0.3, -0.25) is 9.59 Å². The van der Waals surface area contributed by atoms with Crippen molar-refractivity contribution in [2.45, 2.75) is 23.9 Å². The van der Waals surface area contributed by atoms with Gasteiger partial charge in [0.2, 0.25) is 0 Å². The normalized spacial score (nSPS) is 15.0. The van der Waals surface area contributed by atoms with E-state index in [1.165, 1.54) is 6.07 Å². The van der Waals surface area contributed by atoms with Gasteiger partial charge >= 0.3 is 12.1 Å². The molecule has 0 saturated carbocycles. The Balaban J connectivity index is 2.14. The standard InChI is InChI=1S/C19H11F5N2O4S/c20-9-31(29,26-18(28)19(22,23)24)16-4-3-15(13-1-2-14(27)17(13)16)30-12-6-10(8-25)5-11(21)7-12/h3-7H,1-2,9H2. The fourth-order valence-electron chi connectivity index (χ4n) is 3.02. The van der Waals surface area contributed by atoms with Crippen molar-refractivity contribution in [3.05, 3.63) is 52.8 Å². The highest BCUT2D eigenvalue weighted by Crippen LogP contribution is 2.39. The van der Waals surface area contributed by atoms with Gasteiger partial charge in [0.1, 0.15) is 27.0 Å². The van der Waals surface area contributed by atoms with Crippen LogP contribution in [0.1, 0.15) is 27.9 Å². The van der Waals surface area contributed by atoms with E-state index in [1.807, 2.05) is 0 Å². The maximum absolute atomic E-state index is 13.6. The number of ketones is 1. The number of nitrogens with zero attached hydrogens (tertiary/aromatic N) is 2. The predicted octanol–water partition coefficient (Wildman–Crippen LogP) is 4.46. The second kappa shape index (κ2) is 8.07. The molecule has 0 aliphatic heterocycles. The topological polar surface area (TPSA) is 96.6 Å². The lowest BCUT2D eigenvalue weighted by Gasteiger charge is -2.15. The molecule has 0 saturated heterocycles. The molecular weight excluding hydrogens is 447 g/mol. The molecule has 0 bridgehead atoms. The van der Waals surface area contributed by atoms with Crippen molar-refractivity contribution in [3.63, 3.8) is 0 Å². The number of halogens is 5. The van der Waals surface area contributed by atoms with Crippen molar-refractivity contribution in [3.8, 4) is 17.6 Å². The zero-order valence-corrected chi connectivity index (χ0v) is 16.2. The minimum absolute atomic E-state index is 0.0206. The summed E-state index contributed by atoms with van der Waals surface area (Å²) in [7, 11) is -4.54. The van der Waals surface area contributed by atoms with Gasteiger partial charge in [-0.2, -0.15) is 18.4 Å². The van der Waals surface area contributed by atoms with E-state index < -0.39 is 44.3 Å². The highest BCUT2D eigenvalue weighted by molar-refractivity contribution is 7.93. The Kier molecular flexibility index (Phi) is 5.82. The molecule has 1 aliphatic rings. The molecule has 3 rings (SSSR count). The molecule has 6 nitrogen and oxygen atoms in total. The molecular formula is C19H11F5N2O4S.